The number of benzene rings is 1. The highest BCUT2D eigenvalue weighted by Crippen LogP contribution is 2.29. The van der Waals surface area contributed by atoms with Gasteiger partial charge >= 0.3 is 0 Å². The van der Waals surface area contributed by atoms with Crippen LogP contribution in [0.5, 0.6) is 0 Å². The molecule has 0 aliphatic rings. The van der Waals surface area contributed by atoms with E-state index in [1.807, 2.05) is 19.9 Å². The van der Waals surface area contributed by atoms with E-state index in [1.54, 1.807) is 11.6 Å². The normalized spacial score (nSPS) is 10.4. The largest absolute Gasteiger partial charge is 0.320 e. The van der Waals surface area contributed by atoms with Crippen LogP contribution in [0.25, 0.3) is 0 Å². The summed E-state index contributed by atoms with van der Waals surface area (Å²) in [7, 11) is 0. The summed E-state index contributed by atoms with van der Waals surface area (Å²) in [6.07, 6.45) is 0. The third-order valence-electron chi connectivity index (χ3n) is 2.45. The molecule has 0 aliphatic carbocycles. The van der Waals surface area contributed by atoms with Crippen molar-refractivity contribution in [2.24, 2.45) is 0 Å². The van der Waals surface area contributed by atoms with Crippen molar-refractivity contribution in [1.82, 2.24) is 4.98 Å². The zero-order valence-corrected chi connectivity index (χ0v) is 12.9. The smallest absolute Gasteiger partial charge is 0.267 e. The van der Waals surface area contributed by atoms with Gasteiger partial charge in [0.25, 0.3) is 5.91 Å². The molecule has 1 aromatic heterocycles. The van der Waals surface area contributed by atoms with Crippen LogP contribution in [0.2, 0.25) is 5.02 Å². The van der Waals surface area contributed by atoms with Gasteiger partial charge in [-0.05, 0) is 47.5 Å². The van der Waals surface area contributed by atoms with Crippen LogP contribution < -0.4 is 5.32 Å². The zero-order valence-electron chi connectivity index (χ0n) is 9.75. The molecular weight excluding hydrogens is 336 g/mol. The number of carbonyl (C=O) groups excluding carboxylic acids is 1. The van der Waals surface area contributed by atoms with E-state index in [4.69, 9.17) is 11.6 Å². The van der Waals surface area contributed by atoms with E-state index in [9.17, 15) is 4.79 Å². The van der Waals surface area contributed by atoms with E-state index >= 15 is 0 Å². The maximum absolute atomic E-state index is 12.0. The first kappa shape index (κ1) is 13.5. The predicted octanol–water partition coefficient (Wildman–Crippen LogP) is 4.43. The summed E-state index contributed by atoms with van der Waals surface area (Å²) < 4.78 is 0.805. The Labute approximate surface area is 122 Å². The molecule has 6 heteroatoms. The van der Waals surface area contributed by atoms with Gasteiger partial charge in [0.2, 0.25) is 0 Å². The lowest BCUT2D eigenvalue weighted by molar-refractivity contribution is 0.102. The minimum Gasteiger partial charge on any atom is -0.320 e. The van der Waals surface area contributed by atoms with Gasteiger partial charge in [0.1, 0.15) is 4.88 Å². The fraction of sp³-hybridized carbons (Fsp3) is 0.167. The molecule has 0 saturated carbocycles. The molecule has 0 fully saturated rings. The summed E-state index contributed by atoms with van der Waals surface area (Å²) in [5.74, 6) is -0.171. The van der Waals surface area contributed by atoms with Crippen molar-refractivity contribution >= 4 is 50.5 Å². The van der Waals surface area contributed by atoms with Crippen molar-refractivity contribution < 1.29 is 4.79 Å². The minimum atomic E-state index is -0.171. The lowest BCUT2D eigenvalue weighted by Crippen LogP contribution is -2.12. The number of aromatic nitrogens is 1. The molecule has 1 heterocycles. The Balaban J connectivity index is 2.28. The topological polar surface area (TPSA) is 42.0 Å². The Morgan fingerprint density at radius 1 is 1.44 bits per heavy atom. The van der Waals surface area contributed by atoms with Crippen molar-refractivity contribution in [2.75, 3.05) is 5.32 Å². The van der Waals surface area contributed by atoms with E-state index in [0.29, 0.717) is 15.6 Å². The van der Waals surface area contributed by atoms with Gasteiger partial charge in [0.15, 0.2) is 0 Å². The highest BCUT2D eigenvalue weighted by Gasteiger charge is 2.14. The monoisotopic (exact) mass is 344 g/mol. The van der Waals surface area contributed by atoms with Crippen molar-refractivity contribution in [1.29, 1.82) is 0 Å². The summed E-state index contributed by atoms with van der Waals surface area (Å²) in [4.78, 5) is 16.7. The number of nitrogens with one attached hydrogen (secondary N) is 1. The number of nitrogens with zero attached hydrogens (tertiary/aromatic N) is 1. The van der Waals surface area contributed by atoms with E-state index in [2.05, 4.69) is 26.2 Å². The van der Waals surface area contributed by atoms with Gasteiger partial charge < -0.3 is 5.32 Å². The van der Waals surface area contributed by atoms with Gasteiger partial charge in [-0.15, -0.1) is 11.3 Å². The molecule has 2 aromatic rings. The van der Waals surface area contributed by atoms with Crippen molar-refractivity contribution in [3.63, 3.8) is 0 Å². The number of rotatable bonds is 2. The molecule has 0 radical (unpaired) electrons. The second-order valence-corrected chi connectivity index (χ2v) is 5.92. The maximum Gasteiger partial charge on any atom is 0.267 e. The average Bonchev–Trinajstić information content (AvgIpc) is 2.72. The Bertz CT molecular complexity index is 612. The molecule has 3 nitrogen and oxygen atoms in total. The summed E-state index contributed by atoms with van der Waals surface area (Å²) >= 11 is 10.8. The second-order valence-electron chi connectivity index (χ2n) is 3.80. The Morgan fingerprint density at radius 3 is 2.78 bits per heavy atom. The standard InChI is InChI=1S/C12H10BrClN2OS/c1-6-3-8(13)10(4-9(6)14)16-12(17)11-7(2)15-5-18-11/h3-5H,1-2H3,(H,16,17). The summed E-state index contributed by atoms with van der Waals surface area (Å²) in [5.41, 5.74) is 3.99. The number of hydrogen-bond acceptors (Lipinski definition) is 3. The second kappa shape index (κ2) is 5.38. The molecule has 1 aromatic carbocycles. The van der Waals surface area contributed by atoms with Crippen molar-refractivity contribution in [2.45, 2.75) is 13.8 Å². The van der Waals surface area contributed by atoms with Gasteiger partial charge in [-0.25, -0.2) is 4.98 Å². The SMILES string of the molecule is Cc1cc(Br)c(NC(=O)c2scnc2C)cc1Cl. The Hall–Kier alpha value is -0.910. The van der Waals surface area contributed by atoms with E-state index < -0.39 is 0 Å². The highest BCUT2D eigenvalue weighted by molar-refractivity contribution is 9.10. The zero-order chi connectivity index (χ0) is 13.3. The van der Waals surface area contributed by atoms with Gasteiger partial charge in [-0.3, -0.25) is 4.79 Å². The van der Waals surface area contributed by atoms with E-state index in [-0.39, 0.29) is 5.91 Å². The third-order valence-corrected chi connectivity index (χ3v) is 4.44. The van der Waals surface area contributed by atoms with Gasteiger partial charge in [-0.2, -0.15) is 0 Å². The van der Waals surface area contributed by atoms with Crippen molar-refractivity contribution in [3.05, 3.63) is 43.3 Å². The van der Waals surface area contributed by atoms with Crippen LogP contribution >= 0.6 is 38.9 Å². The summed E-state index contributed by atoms with van der Waals surface area (Å²) in [5, 5.41) is 3.44. The van der Waals surface area contributed by atoms with Gasteiger partial charge in [-0.1, -0.05) is 11.6 Å². The number of amides is 1. The molecule has 0 atom stereocenters. The maximum atomic E-state index is 12.0. The molecule has 94 valence electrons. The number of aryl methyl sites for hydroxylation is 2. The predicted molar refractivity (Wildman–Crippen MR) is 78.7 cm³/mol. The quantitative estimate of drug-likeness (QED) is 0.875. The summed E-state index contributed by atoms with van der Waals surface area (Å²) in [6.45, 7) is 3.72. The molecule has 1 N–H and O–H groups in total. The molecule has 0 saturated heterocycles. The van der Waals surface area contributed by atoms with Crippen LogP contribution in [-0.4, -0.2) is 10.9 Å². The molecule has 18 heavy (non-hydrogen) atoms. The number of carbonyl (C=O) groups is 1. The van der Waals surface area contributed by atoms with Crippen LogP contribution in [0.15, 0.2) is 22.1 Å². The molecule has 0 bridgehead atoms. The van der Waals surface area contributed by atoms with E-state index in [1.165, 1.54) is 11.3 Å². The van der Waals surface area contributed by atoms with Crippen LogP contribution in [-0.2, 0) is 0 Å². The molecule has 0 unspecified atom stereocenters. The molecule has 2 rings (SSSR count). The molecule has 1 amide bonds. The van der Waals surface area contributed by atoms with Crippen LogP contribution in [0.4, 0.5) is 5.69 Å². The first-order valence-electron chi connectivity index (χ1n) is 5.16. The number of hydrogen-bond donors (Lipinski definition) is 1. The lowest BCUT2D eigenvalue weighted by atomic mass is 10.2. The van der Waals surface area contributed by atoms with Crippen LogP contribution in [0.3, 0.4) is 0 Å². The Morgan fingerprint density at radius 2 is 2.17 bits per heavy atom. The lowest BCUT2D eigenvalue weighted by Gasteiger charge is -2.09. The fourth-order valence-corrected chi connectivity index (χ4v) is 2.86. The first-order chi connectivity index (χ1) is 8.49. The summed E-state index contributed by atoms with van der Waals surface area (Å²) in [6, 6.07) is 3.60. The van der Waals surface area contributed by atoms with Crippen LogP contribution in [0.1, 0.15) is 20.9 Å². The molecular formula is C12H10BrClN2OS. The van der Waals surface area contributed by atoms with Gasteiger partial charge in [0, 0.05) is 9.50 Å². The van der Waals surface area contributed by atoms with Crippen LogP contribution in [0, 0.1) is 13.8 Å². The third kappa shape index (κ3) is 2.74. The first-order valence-corrected chi connectivity index (χ1v) is 7.21. The van der Waals surface area contributed by atoms with E-state index in [0.717, 1.165) is 15.7 Å². The number of thiazole rings is 1. The highest BCUT2D eigenvalue weighted by atomic mass is 79.9. The van der Waals surface area contributed by atoms with Gasteiger partial charge in [0.05, 0.1) is 16.9 Å². The fourth-order valence-electron chi connectivity index (χ4n) is 1.44. The average molecular weight is 346 g/mol. The molecule has 0 spiro atoms. The molecule has 0 aliphatic heterocycles. The Kier molecular flexibility index (Phi) is 4.04. The minimum absolute atomic E-state index is 0.171. The number of anilines is 1. The van der Waals surface area contributed by atoms with Crippen molar-refractivity contribution in [3.8, 4) is 0 Å². The number of halogens is 2.